The van der Waals surface area contributed by atoms with Gasteiger partial charge in [0.25, 0.3) is 0 Å². The fourth-order valence-electron chi connectivity index (χ4n) is 2.29. The summed E-state index contributed by atoms with van der Waals surface area (Å²) in [6.07, 6.45) is 0.965. The largest absolute Gasteiger partial charge is 0.463 e. The normalized spacial score (nSPS) is 19.3. The molecule has 0 saturated carbocycles. The van der Waals surface area contributed by atoms with Gasteiger partial charge in [-0.05, 0) is 44.4 Å². The number of esters is 1. The Bertz CT molecular complexity index is 782. The second-order valence-electron chi connectivity index (χ2n) is 4.96. The number of anilines is 1. The molecule has 1 atom stereocenters. The Morgan fingerprint density at radius 1 is 1.57 bits per heavy atom. The van der Waals surface area contributed by atoms with Crippen molar-refractivity contribution in [3.8, 4) is 0 Å². The maximum Gasteiger partial charge on any atom is 0.335 e. The Kier molecular flexibility index (Phi) is 5.17. The van der Waals surface area contributed by atoms with Crippen LogP contribution in [0.3, 0.4) is 0 Å². The number of carbonyl (C=O) groups excluding carboxylic acids is 1. The summed E-state index contributed by atoms with van der Waals surface area (Å²) < 4.78 is 53.5. The van der Waals surface area contributed by atoms with E-state index in [1.807, 2.05) is 0 Å². The van der Waals surface area contributed by atoms with Crippen LogP contribution >= 0.6 is 11.6 Å². The monoisotopic (exact) mass is 362 g/mol. The molecule has 23 heavy (non-hydrogen) atoms. The van der Waals surface area contributed by atoms with E-state index in [0.29, 0.717) is 12.8 Å². The number of ether oxygens (including phenoxy) is 1. The standard InChI is InChI=1S/C15H17ClFNO4S/c1-2-22-15(19)11-5-3-4-6-14(11)23(20,21)18-13-8-7-10(17)9-12(13)16/h5,7-9,14,18H,2-4,6H2,1H3/t14-/m1/s1/i5D. The van der Waals surface area contributed by atoms with E-state index in [-0.39, 0.29) is 35.4 Å². The molecule has 1 aliphatic rings. The number of nitrogens with one attached hydrogen (secondary N) is 1. The van der Waals surface area contributed by atoms with Crippen LogP contribution in [0.1, 0.15) is 27.6 Å². The number of halogens is 2. The zero-order valence-corrected chi connectivity index (χ0v) is 14.0. The third-order valence-electron chi connectivity index (χ3n) is 3.33. The highest BCUT2D eigenvalue weighted by Crippen LogP contribution is 2.30. The van der Waals surface area contributed by atoms with E-state index >= 15 is 0 Å². The van der Waals surface area contributed by atoms with Crippen molar-refractivity contribution in [3.05, 3.63) is 40.7 Å². The summed E-state index contributed by atoms with van der Waals surface area (Å²) >= 11 is 5.84. The third kappa shape index (κ3) is 4.23. The van der Waals surface area contributed by atoms with Gasteiger partial charge in [0.15, 0.2) is 0 Å². The summed E-state index contributed by atoms with van der Waals surface area (Å²) in [6.45, 7) is 1.69. The second kappa shape index (κ2) is 7.31. The lowest BCUT2D eigenvalue weighted by molar-refractivity contribution is -0.138. The van der Waals surface area contributed by atoms with Gasteiger partial charge in [0.2, 0.25) is 10.0 Å². The maximum atomic E-state index is 13.1. The van der Waals surface area contributed by atoms with Gasteiger partial charge in [-0.1, -0.05) is 17.7 Å². The summed E-state index contributed by atoms with van der Waals surface area (Å²) in [6, 6.07) is 3.22. The minimum absolute atomic E-state index is 0.0124. The molecule has 0 radical (unpaired) electrons. The zero-order chi connectivity index (χ0) is 17.9. The van der Waals surface area contributed by atoms with Crippen molar-refractivity contribution in [2.24, 2.45) is 0 Å². The summed E-state index contributed by atoms with van der Waals surface area (Å²) in [5, 5.41) is -1.30. The van der Waals surface area contributed by atoms with Gasteiger partial charge in [0, 0.05) is 0 Å². The summed E-state index contributed by atoms with van der Waals surface area (Å²) in [4.78, 5) is 12.1. The molecule has 0 aromatic heterocycles. The molecule has 0 heterocycles. The average Bonchev–Trinajstić information content (AvgIpc) is 2.50. The van der Waals surface area contributed by atoms with Crippen molar-refractivity contribution in [3.63, 3.8) is 0 Å². The Morgan fingerprint density at radius 3 is 2.96 bits per heavy atom. The van der Waals surface area contributed by atoms with E-state index in [1.165, 1.54) is 6.07 Å². The minimum Gasteiger partial charge on any atom is -0.463 e. The molecule has 0 fully saturated rings. The Hall–Kier alpha value is -1.60. The molecule has 1 aliphatic carbocycles. The molecule has 0 aliphatic heterocycles. The van der Waals surface area contributed by atoms with E-state index in [4.69, 9.17) is 17.7 Å². The molecular formula is C15H17ClFNO4S. The highest BCUT2D eigenvalue weighted by Gasteiger charge is 2.35. The van der Waals surface area contributed by atoms with Crippen LogP contribution in [0.25, 0.3) is 0 Å². The van der Waals surface area contributed by atoms with Crippen LogP contribution in [0.5, 0.6) is 0 Å². The first-order chi connectivity index (χ1) is 11.3. The third-order valence-corrected chi connectivity index (χ3v) is 5.37. The number of allylic oxidation sites excluding steroid dienone is 1. The van der Waals surface area contributed by atoms with Gasteiger partial charge in [-0.15, -0.1) is 0 Å². The molecule has 8 heteroatoms. The smallest absolute Gasteiger partial charge is 0.335 e. The van der Waals surface area contributed by atoms with Crippen molar-refractivity contribution < 1.29 is 23.7 Å². The van der Waals surface area contributed by atoms with Gasteiger partial charge in [0.1, 0.15) is 11.1 Å². The minimum atomic E-state index is -4.05. The van der Waals surface area contributed by atoms with Crippen LogP contribution in [0.4, 0.5) is 10.1 Å². The van der Waals surface area contributed by atoms with E-state index in [2.05, 4.69) is 4.72 Å². The fourth-order valence-corrected chi connectivity index (χ4v) is 4.15. The Morgan fingerprint density at radius 2 is 2.30 bits per heavy atom. The first-order valence-electron chi connectivity index (χ1n) is 7.59. The topological polar surface area (TPSA) is 72.5 Å². The van der Waals surface area contributed by atoms with Gasteiger partial charge in [0.05, 0.1) is 24.3 Å². The van der Waals surface area contributed by atoms with Crippen LogP contribution in [0.15, 0.2) is 29.8 Å². The first kappa shape index (κ1) is 16.3. The van der Waals surface area contributed by atoms with Crippen molar-refractivity contribution in [2.45, 2.75) is 31.4 Å². The number of hydrogen-bond acceptors (Lipinski definition) is 4. The Labute approximate surface area is 140 Å². The number of sulfonamides is 1. The second-order valence-corrected chi connectivity index (χ2v) is 7.23. The van der Waals surface area contributed by atoms with Crippen molar-refractivity contribution >= 4 is 33.3 Å². The molecule has 0 unspecified atom stereocenters. The van der Waals surface area contributed by atoms with Gasteiger partial charge in [-0.25, -0.2) is 17.6 Å². The van der Waals surface area contributed by atoms with E-state index < -0.39 is 27.1 Å². The van der Waals surface area contributed by atoms with Crippen LogP contribution in [-0.2, 0) is 19.6 Å². The number of benzene rings is 1. The van der Waals surface area contributed by atoms with Gasteiger partial charge < -0.3 is 4.74 Å². The molecule has 126 valence electrons. The van der Waals surface area contributed by atoms with Crippen molar-refractivity contribution in [1.82, 2.24) is 0 Å². The summed E-state index contributed by atoms with van der Waals surface area (Å²) in [5.74, 6) is -1.40. The highest BCUT2D eigenvalue weighted by atomic mass is 35.5. The number of rotatable bonds is 5. The fraction of sp³-hybridized carbons (Fsp3) is 0.400. The van der Waals surface area contributed by atoms with Crippen LogP contribution in [0, 0.1) is 5.82 Å². The molecule has 1 N–H and O–H groups in total. The number of carbonyl (C=O) groups is 1. The van der Waals surface area contributed by atoms with Crippen LogP contribution in [0.2, 0.25) is 5.02 Å². The summed E-state index contributed by atoms with van der Waals surface area (Å²) in [5.41, 5.74) is -0.146. The molecule has 2 rings (SSSR count). The van der Waals surface area contributed by atoms with E-state index in [1.54, 1.807) is 6.92 Å². The molecule has 0 bridgehead atoms. The molecule has 0 amide bonds. The van der Waals surface area contributed by atoms with Crippen LogP contribution < -0.4 is 4.72 Å². The highest BCUT2D eigenvalue weighted by molar-refractivity contribution is 7.93. The van der Waals surface area contributed by atoms with Gasteiger partial charge in [-0.2, -0.15) is 0 Å². The lowest BCUT2D eigenvalue weighted by Gasteiger charge is -2.24. The first-order valence-corrected chi connectivity index (χ1v) is 9.02. The SMILES string of the molecule is [2H]C1=C(C(=O)OCC)[C@H](S(=O)(=O)Nc2ccc(F)cc2Cl)CCC1. The van der Waals surface area contributed by atoms with Crippen molar-refractivity contribution in [2.75, 3.05) is 11.3 Å². The molecule has 5 nitrogen and oxygen atoms in total. The number of hydrogen-bond donors (Lipinski definition) is 1. The van der Waals surface area contributed by atoms with E-state index in [9.17, 15) is 17.6 Å². The molecule has 1 aromatic carbocycles. The van der Waals surface area contributed by atoms with Gasteiger partial charge in [-0.3, -0.25) is 4.72 Å². The van der Waals surface area contributed by atoms with Gasteiger partial charge >= 0.3 is 5.97 Å². The average molecular weight is 363 g/mol. The summed E-state index contributed by atoms with van der Waals surface area (Å²) in [7, 11) is -4.05. The predicted molar refractivity (Wildman–Crippen MR) is 86.3 cm³/mol. The zero-order valence-electron chi connectivity index (χ0n) is 13.4. The molecule has 0 saturated heterocycles. The molecule has 1 aromatic rings. The lowest BCUT2D eigenvalue weighted by Crippen LogP contribution is -2.34. The lowest BCUT2D eigenvalue weighted by atomic mass is 9.99. The van der Waals surface area contributed by atoms with Crippen molar-refractivity contribution in [1.29, 1.82) is 0 Å². The maximum absolute atomic E-state index is 13.1. The predicted octanol–water partition coefficient (Wildman–Crippen LogP) is 3.26. The van der Waals surface area contributed by atoms with E-state index in [0.717, 1.165) is 12.1 Å². The molecular weight excluding hydrogens is 345 g/mol. The molecule has 0 spiro atoms. The Balaban J connectivity index is 2.36. The quantitative estimate of drug-likeness (QED) is 0.816. The van der Waals surface area contributed by atoms with Crippen LogP contribution in [-0.4, -0.2) is 26.2 Å².